The molecule has 1 atom stereocenters. The first-order chi connectivity index (χ1) is 19.2. The van der Waals surface area contributed by atoms with Gasteiger partial charge in [-0.15, -0.1) is 0 Å². The van der Waals surface area contributed by atoms with E-state index < -0.39 is 17.9 Å². The minimum Gasteiger partial charge on any atom is -0.457 e. The summed E-state index contributed by atoms with van der Waals surface area (Å²) in [6, 6.07) is 5.26. The number of rotatable bonds is 10. The summed E-state index contributed by atoms with van der Waals surface area (Å²) in [6.45, 7) is 14.1. The molecular formula is C29H40ClN3O7. The first-order valence-corrected chi connectivity index (χ1v) is 14.2. The van der Waals surface area contributed by atoms with Gasteiger partial charge in [-0.25, -0.2) is 9.59 Å². The summed E-state index contributed by atoms with van der Waals surface area (Å²) in [5.74, 6) is -1.03. The maximum atomic E-state index is 13.6. The number of carbonyl (C=O) groups excluding carboxylic acids is 2. The van der Waals surface area contributed by atoms with Gasteiger partial charge in [-0.2, -0.15) is 0 Å². The molecule has 11 heteroatoms. The zero-order chi connectivity index (χ0) is 28.6. The number of dihydropyridines is 1. The molecule has 0 amide bonds. The van der Waals surface area contributed by atoms with Crippen LogP contribution in [0.1, 0.15) is 26.3 Å². The molecule has 0 radical (unpaired) electrons. The van der Waals surface area contributed by atoms with E-state index in [0.29, 0.717) is 72.8 Å². The van der Waals surface area contributed by atoms with Crippen molar-refractivity contribution in [3.05, 3.63) is 51.3 Å². The molecule has 1 aromatic carbocycles. The second-order valence-electron chi connectivity index (χ2n) is 10.4. The van der Waals surface area contributed by atoms with Crippen molar-refractivity contribution < 1.29 is 33.3 Å². The predicted molar refractivity (Wildman–Crippen MR) is 150 cm³/mol. The van der Waals surface area contributed by atoms with E-state index in [-0.39, 0.29) is 12.9 Å². The number of morpholine rings is 2. The third-order valence-corrected chi connectivity index (χ3v) is 7.86. The quantitative estimate of drug-likeness (QED) is 0.330. The molecule has 1 N–H and O–H groups in total. The fourth-order valence-corrected chi connectivity index (χ4v) is 5.42. The molecule has 2 fully saturated rings. The van der Waals surface area contributed by atoms with Crippen molar-refractivity contribution in [2.75, 3.05) is 72.5 Å². The van der Waals surface area contributed by atoms with Gasteiger partial charge in [0.25, 0.3) is 0 Å². The third-order valence-electron chi connectivity index (χ3n) is 7.45. The van der Waals surface area contributed by atoms with E-state index in [0.717, 1.165) is 31.7 Å². The van der Waals surface area contributed by atoms with Gasteiger partial charge >= 0.3 is 11.9 Å². The van der Waals surface area contributed by atoms with Gasteiger partial charge in [0.1, 0.15) is 11.9 Å². The Labute approximate surface area is 241 Å². The number of nitrogens with one attached hydrogen (secondary N) is 1. The van der Waals surface area contributed by atoms with Gasteiger partial charge in [-0.3, -0.25) is 9.80 Å². The smallest absolute Gasteiger partial charge is 0.339 e. The van der Waals surface area contributed by atoms with Gasteiger partial charge in [-0.1, -0.05) is 24.6 Å². The van der Waals surface area contributed by atoms with Gasteiger partial charge in [0.05, 0.1) is 37.6 Å². The van der Waals surface area contributed by atoms with Gasteiger partial charge in [0, 0.05) is 61.6 Å². The fourth-order valence-electron chi connectivity index (χ4n) is 5.25. The Morgan fingerprint density at radius 3 is 2.05 bits per heavy atom. The Morgan fingerprint density at radius 2 is 1.50 bits per heavy atom. The van der Waals surface area contributed by atoms with Crippen molar-refractivity contribution in [2.45, 2.75) is 33.8 Å². The molecule has 10 nitrogen and oxygen atoms in total. The summed E-state index contributed by atoms with van der Waals surface area (Å²) in [5.41, 5.74) is 2.99. The zero-order valence-corrected chi connectivity index (χ0v) is 24.6. The highest BCUT2D eigenvalue weighted by atomic mass is 35.5. The summed E-state index contributed by atoms with van der Waals surface area (Å²) < 4.78 is 28.1. The molecule has 1 unspecified atom stereocenters. The maximum absolute atomic E-state index is 13.6. The maximum Gasteiger partial charge on any atom is 0.339 e. The average molecular weight is 578 g/mol. The number of ether oxygens (including phenoxy) is 5. The van der Waals surface area contributed by atoms with Crippen molar-refractivity contribution >= 4 is 23.5 Å². The summed E-state index contributed by atoms with van der Waals surface area (Å²) >= 11 is 6.15. The van der Waals surface area contributed by atoms with E-state index in [9.17, 15) is 9.59 Å². The molecule has 220 valence electrons. The summed E-state index contributed by atoms with van der Waals surface area (Å²) in [5, 5.41) is 3.74. The molecule has 2 saturated heterocycles. The molecule has 1 aromatic rings. The Balaban J connectivity index is 1.40. The SMILES string of the molecule is CC1=C(C(=O)OCOc2ccc(C)c(Cl)c2)C(C)C(C(=O)OC(CN2CCOCC2)CN2CCOCC2)=C(C)N1. The Morgan fingerprint density at radius 1 is 0.950 bits per heavy atom. The van der Waals surface area contributed by atoms with E-state index in [4.69, 9.17) is 35.3 Å². The van der Waals surface area contributed by atoms with Gasteiger partial charge in [0.15, 0.2) is 0 Å². The van der Waals surface area contributed by atoms with Crippen molar-refractivity contribution in [3.63, 3.8) is 0 Å². The van der Waals surface area contributed by atoms with Gasteiger partial charge in [0.2, 0.25) is 6.79 Å². The van der Waals surface area contributed by atoms with Crippen LogP contribution in [0.2, 0.25) is 5.02 Å². The third kappa shape index (κ3) is 7.98. The molecule has 3 aliphatic heterocycles. The minimum absolute atomic E-state index is 0.286. The van der Waals surface area contributed by atoms with Crippen molar-refractivity contribution in [1.82, 2.24) is 15.1 Å². The molecule has 40 heavy (non-hydrogen) atoms. The highest BCUT2D eigenvalue weighted by Crippen LogP contribution is 2.31. The monoisotopic (exact) mass is 577 g/mol. The first kappa shape index (κ1) is 30.3. The summed E-state index contributed by atoms with van der Waals surface area (Å²) in [4.78, 5) is 31.3. The number of halogens is 1. The Hall–Kier alpha value is -2.63. The van der Waals surface area contributed by atoms with Crippen LogP contribution < -0.4 is 10.1 Å². The van der Waals surface area contributed by atoms with Crippen LogP contribution in [0.15, 0.2) is 40.7 Å². The van der Waals surface area contributed by atoms with Crippen molar-refractivity contribution in [1.29, 1.82) is 0 Å². The van der Waals surface area contributed by atoms with Crippen molar-refractivity contribution in [2.24, 2.45) is 5.92 Å². The van der Waals surface area contributed by atoms with E-state index in [1.165, 1.54) is 0 Å². The van der Waals surface area contributed by atoms with Crippen LogP contribution in [-0.2, 0) is 28.5 Å². The lowest BCUT2D eigenvalue weighted by atomic mass is 9.87. The highest BCUT2D eigenvalue weighted by Gasteiger charge is 2.35. The zero-order valence-electron chi connectivity index (χ0n) is 23.8. The van der Waals surface area contributed by atoms with Crippen LogP contribution in [0.3, 0.4) is 0 Å². The molecule has 3 aliphatic rings. The highest BCUT2D eigenvalue weighted by molar-refractivity contribution is 6.31. The standard InChI is InChI=1S/C29H40ClN3O7/c1-19-5-6-23(15-25(19)30)38-18-39-28(34)26-20(2)27(22(4)31-21(26)3)29(35)40-24(16-32-7-11-36-12-8-32)17-33-9-13-37-14-10-33/h5-6,15,20,24,31H,7-14,16-18H2,1-4H3. The largest absolute Gasteiger partial charge is 0.457 e. The minimum atomic E-state index is -0.563. The normalized spacial score (nSPS) is 20.9. The molecule has 0 bridgehead atoms. The van der Waals surface area contributed by atoms with Crippen molar-refractivity contribution in [3.8, 4) is 5.75 Å². The van der Waals surface area contributed by atoms with E-state index in [2.05, 4.69) is 15.1 Å². The molecule has 3 heterocycles. The molecule has 0 aromatic heterocycles. The summed E-state index contributed by atoms with van der Waals surface area (Å²) in [7, 11) is 0. The molecule has 0 spiro atoms. The molecule has 4 rings (SSSR count). The summed E-state index contributed by atoms with van der Waals surface area (Å²) in [6.07, 6.45) is -0.340. The first-order valence-electron chi connectivity index (χ1n) is 13.8. The number of allylic oxidation sites excluding steroid dienone is 2. The number of carbonyl (C=O) groups is 2. The van der Waals surface area contributed by atoms with Crippen LogP contribution in [0.25, 0.3) is 0 Å². The number of hydrogen-bond acceptors (Lipinski definition) is 10. The van der Waals surface area contributed by atoms with Gasteiger partial charge in [-0.05, 0) is 38.5 Å². The lowest BCUT2D eigenvalue weighted by molar-refractivity contribution is -0.148. The van der Waals surface area contributed by atoms with Crippen LogP contribution in [0.5, 0.6) is 5.75 Å². The van der Waals surface area contributed by atoms with Gasteiger partial charge < -0.3 is 29.0 Å². The van der Waals surface area contributed by atoms with E-state index in [1.807, 2.05) is 26.8 Å². The molecule has 0 saturated carbocycles. The van der Waals surface area contributed by atoms with Crippen LogP contribution in [0.4, 0.5) is 0 Å². The lowest BCUT2D eigenvalue weighted by Crippen LogP contribution is -2.48. The van der Waals surface area contributed by atoms with Crippen LogP contribution >= 0.6 is 11.6 Å². The lowest BCUT2D eigenvalue weighted by Gasteiger charge is -2.35. The number of nitrogens with zero attached hydrogens (tertiary/aromatic N) is 2. The topological polar surface area (TPSA) is 98.8 Å². The molecular weight excluding hydrogens is 538 g/mol. The second-order valence-corrected chi connectivity index (χ2v) is 10.8. The molecule has 0 aliphatic carbocycles. The van der Waals surface area contributed by atoms with E-state index in [1.54, 1.807) is 19.1 Å². The fraction of sp³-hybridized carbons (Fsp3) is 0.586. The predicted octanol–water partition coefficient (Wildman–Crippen LogP) is 2.89. The van der Waals surface area contributed by atoms with E-state index >= 15 is 0 Å². The second kappa shape index (κ2) is 14.3. The van der Waals surface area contributed by atoms with Crippen LogP contribution in [0, 0.1) is 12.8 Å². The Kier molecular flexibility index (Phi) is 10.9. The average Bonchev–Trinajstić information content (AvgIpc) is 2.91. The number of esters is 2. The number of hydrogen-bond donors (Lipinski definition) is 1. The number of benzene rings is 1. The van der Waals surface area contributed by atoms with Crippen LogP contribution in [-0.4, -0.2) is 100 Å². The Bertz CT molecular complexity index is 1110. The number of aryl methyl sites for hydroxylation is 1.